The monoisotopic (exact) mass is 1430 g/mol. The van der Waals surface area contributed by atoms with Crippen molar-refractivity contribution in [1.82, 2.24) is 0 Å². The number of aliphatic hydroxyl groups is 10. The number of aliphatic hydroxyl groups excluding tert-OH is 10. The van der Waals surface area contributed by atoms with Crippen molar-refractivity contribution < 1.29 is 117 Å². The van der Waals surface area contributed by atoms with E-state index in [4.69, 9.17) is 42.2 Å². The molecule has 2 heterocycles. The van der Waals surface area contributed by atoms with Gasteiger partial charge in [0, 0.05) is 19.3 Å². The summed E-state index contributed by atoms with van der Waals surface area (Å²) in [5, 5.41) is 110. The van der Waals surface area contributed by atoms with E-state index in [9.17, 15) is 74.9 Å². The van der Waals surface area contributed by atoms with Crippen molar-refractivity contribution >= 4 is 25.7 Å². The summed E-state index contributed by atoms with van der Waals surface area (Å²) in [6.45, 7) is 5.80. The average molecular weight is 1430 g/mol. The molecule has 0 spiro atoms. The van der Waals surface area contributed by atoms with Gasteiger partial charge in [0.2, 0.25) is 0 Å². The summed E-state index contributed by atoms with van der Waals surface area (Å²) in [5.41, 5.74) is 0. The first-order valence-corrected chi connectivity index (χ1v) is 40.2. The van der Waals surface area contributed by atoms with Gasteiger partial charge in [-0.05, 0) is 25.2 Å². The van der Waals surface area contributed by atoms with E-state index in [1.54, 1.807) is 0 Å². The Kier molecular flexibility index (Phi) is 50.2. The molecule has 25 heteroatoms. The lowest BCUT2D eigenvalue weighted by Gasteiger charge is -2.49. The van der Waals surface area contributed by atoms with Crippen LogP contribution < -0.4 is 0 Å². The molecule has 1 saturated carbocycles. The van der Waals surface area contributed by atoms with Crippen molar-refractivity contribution in [3.63, 3.8) is 0 Å². The van der Waals surface area contributed by atoms with E-state index < -0.39 is 156 Å². The number of rotatable bonds is 60. The molecular weight excluding hydrogens is 1290 g/mol. The zero-order valence-electron chi connectivity index (χ0n) is 60.5. The molecule has 0 bridgehead atoms. The average Bonchev–Trinajstić information content (AvgIpc) is 0.761. The van der Waals surface area contributed by atoms with Crippen LogP contribution in [0.15, 0.2) is 0 Å². The zero-order chi connectivity index (χ0) is 71.9. The molecule has 0 aromatic rings. The van der Waals surface area contributed by atoms with Gasteiger partial charge in [-0.2, -0.15) is 0 Å². The van der Waals surface area contributed by atoms with Crippen LogP contribution in [0.2, 0.25) is 0 Å². The number of carbonyl (C=O) groups is 3. The lowest BCUT2D eigenvalue weighted by Crippen LogP contribution is -2.69. The Balaban J connectivity index is 1.73. The molecule has 3 aliphatic rings. The molecule has 2 saturated heterocycles. The zero-order valence-corrected chi connectivity index (χ0v) is 61.4. The van der Waals surface area contributed by atoms with Crippen molar-refractivity contribution in [2.24, 2.45) is 5.92 Å². The predicted molar refractivity (Wildman–Crippen MR) is 370 cm³/mol. The van der Waals surface area contributed by atoms with Gasteiger partial charge >= 0.3 is 25.7 Å². The third kappa shape index (κ3) is 37.6. The number of unbranched alkanes of at least 4 members (excludes halogenated alkanes) is 35. The third-order valence-electron chi connectivity index (χ3n) is 19.5. The molecule has 578 valence electrons. The van der Waals surface area contributed by atoms with Gasteiger partial charge in [0.15, 0.2) is 18.7 Å². The van der Waals surface area contributed by atoms with Crippen LogP contribution in [0.1, 0.15) is 310 Å². The van der Waals surface area contributed by atoms with Gasteiger partial charge < -0.3 is 89.1 Å². The second-order valence-electron chi connectivity index (χ2n) is 28.4. The van der Waals surface area contributed by atoms with Crippen LogP contribution in [0.25, 0.3) is 0 Å². The molecular formula is C73H137O24P. The van der Waals surface area contributed by atoms with Gasteiger partial charge in [0.05, 0.1) is 13.2 Å². The summed E-state index contributed by atoms with van der Waals surface area (Å²) < 4.78 is 65.1. The summed E-state index contributed by atoms with van der Waals surface area (Å²) >= 11 is 0. The number of phosphoric acid groups is 1. The highest BCUT2D eigenvalue weighted by Gasteiger charge is 2.58. The van der Waals surface area contributed by atoms with Crippen molar-refractivity contribution in [2.45, 2.75) is 414 Å². The van der Waals surface area contributed by atoms with Crippen molar-refractivity contribution in [3.05, 3.63) is 0 Å². The van der Waals surface area contributed by atoms with Crippen molar-refractivity contribution in [1.29, 1.82) is 0 Å². The second kappa shape index (κ2) is 54.6. The highest BCUT2D eigenvalue weighted by atomic mass is 31.2. The summed E-state index contributed by atoms with van der Waals surface area (Å²) in [6.07, 6.45) is 10.2. The molecule has 0 radical (unpaired) electrons. The first kappa shape index (κ1) is 90.2. The lowest BCUT2D eigenvalue weighted by molar-refractivity contribution is -0.360. The van der Waals surface area contributed by atoms with Gasteiger partial charge in [0.25, 0.3) is 0 Å². The minimum absolute atomic E-state index is 0.0331. The van der Waals surface area contributed by atoms with Crippen LogP contribution in [0.5, 0.6) is 0 Å². The lowest BCUT2D eigenvalue weighted by atomic mass is 9.84. The molecule has 2 aliphatic heterocycles. The summed E-state index contributed by atoms with van der Waals surface area (Å²) in [6, 6.07) is 0. The second-order valence-corrected chi connectivity index (χ2v) is 29.8. The normalized spacial score (nSPS) is 27.9. The Morgan fingerprint density at radius 2 is 0.714 bits per heavy atom. The topological polar surface area (TPSA) is 374 Å². The molecule has 19 atom stereocenters. The molecule has 3 fully saturated rings. The Morgan fingerprint density at radius 1 is 0.388 bits per heavy atom. The molecule has 24 nitrogen and oxygen atoms in total. The fourth-order valence-corrected chi connectivity index (χ4v) is 14.1. The summed E-state index contributed by atoms with van der Waals surface area (Å²) in [7, 11) is -5.69. The fraction of sp³-hybridized carbons (Fsp3) is 0.959. The minimum Gasteiger partial charge on any atom is -0.463 e. The van der Waals surface area contributed by atoms with Gasteiger partial charge in [-0.15, -0.1) is 0 Å². The van der Waals surface area contributed by atoms with Crippen LogP contribution >= 0.6 is 7.82 Å². The maximum absolute atomic E-state index is 14.3. The number of phosphoric ester groups is 1. The van der Waals surface area contributed by atoms with E-state index in [2.05, 4.69) is 27.7 Å². The Hall–Kier alpha value is -2.04. The molecule has 1 aliphatic carbocycles. The Morgan fingerprint density at radius 3 is 1.10 bits per heavy atom. The minimum atomic E-state index is -5.69. The van der Waals surface area contributed by atoms with Gasteiger partial charge in [-0.25, -0.2) is 4.57 Å². The first-order valence-electron chi connectivity index (χ1n) is 38.7. The highest BCUT2D eigenvalue weighted by Crippen LogP contribution is 2.49. The predicted octanol–water partition coefficient (Wildman–Crippen LogP) is 10.8. The third-order valence-corrected chi connectivity index (χ3v) is 20.5. The van der Waals surface area contributed by atoms with E-state index in [0.717, 1.165) is 96.3 Å². The van der Waals surface area contributed by atoms with Crippen molar-refractivity contribution in [2.75, 3.05) is 26.4 Å². The van der Waals surface area contributed by atoms with E-state index in [1.807, 2.05) is 0 Å². The fourth-order valence-electron chi connectivity index (χ4n) is 13.1. The van der Waals surface area contributed by atoms with E-state index in [0.29, 0.717) is 25.2 Å². The molecule has 98 heavy (non-hydrogen) atoms. The molecule has 19 unspecified atom stereocenters. The standard InChI is InChI=1S/C73H137O24P/c1-5-8-11-14-17-19-21-23-25-27-29-31-38-43-48-59(77)92-54(50-89-57(75)46-41-37-33-32-35-40-45-53(4)44-39-34-16-13-10-7-3)51-91-98(87,88)97-71-69(95-72-67(85)62(80)60(78)55(49-74)93-72)65(83)64(82)66(84)70(71)96-73-68(86)63(81)61(79)56(94-73)52-90-58(76)47-42-36-30-28-26-24-22-20-18-15-12-9-6-2/h53-56,60-74,78-86H,5-52H2,1-4H3,(H,87,88). The molecule has 11 N–H and O–H groups in total. The van der Waals surface area contributed by atoms with Gasteiger partial charge in [-0.3, -0.25) is 23.4 Å². The van der Waals surface area contributed by atoms with Crippen molar-refractivity contribution in [3.8, 4) is 0 Å². The van der Waals surface area contributed by atoms with E-state index >= 15 is 0 Å². The van der Waals surface area contributed by atoms with Crippen LogP contribution in [0, 0.1) is 5.92 Å². The van der Waals surface area contributed by atoms with Gasteiger partial charge in [0.1, 0.15) is 98.7 Å². The van der Waals surface area contributed by atoms with Crippen LogP contribution in [0.3, 0.4) is 0 Å². The van der Waals surface area contributed by atoms with Crippen LogP contribution in [0.4, 0.5) is 0 Å². The molecule has 0 amide bonds. The maximum atomic E-state index is 14.3. The Labute approximate surface area is 587 Å². The largest absolute Gasteiger partial charge is 0.472 e. The number of esters is 3. The first-order chi connectivity index (χ1) is 47.2. The quantitative estimate of drug-likeness (QED) is 0.0117. The number of carbonyl (C=O) groups excluding carboxylic acids is 3. The molecule has 0 aromatic carbocycles. The summed E-state index contributed by atoms with van der Waals surface area (Å²) in [5.74, 6) is -1.28. The number of hydrogen-bond donors (Lipinski definition) is 11. The van der Waals surface area contributed by atoms with Crippen LogP contribution in [-0.4, -0.2) is 204 Å². The molecule has 0 aromatic heterocycles. The van der Waals surface area contributed by atoms with E-state index in [-0.39, 0.29) is 19.3 Å². The maximum Gasteiger partial charge on any atom is 0.472 e. The smallest absolute Gasteiger partial charge is 0.463 e. The SMILES string of the molecule is CCCCCCCCCCCCCCCCC(=O)OC(COC(=O)CCCCCCCCC(C)CCCCCCCC)COP(=O)(O)OC1C(OC2OC(CO)C(O)C(O)C2O)C(O)C(O)C(O)C1OC1OC(COC(=O)CCCCCCCCCCCCCCC)C(O)C(O)C1O. The summed E-state index contributed by atoms with van der Waals surface area (Å²) in [4.78, 5) is 51.1. The van der Waals surface area contributed by atoms with Crippen LogP contribution in [-0.2, 0) is 61.2 Å². The highest BCUT2D eigenvalue weighted by molar-refractivity contribution is 7.47. The van der Waals surface area contributed by atoms with E-state index in [1.165, 1.54) is 148 Å². The number of hydrogen-bond acceptors (Lipinski definition) is 23. The van der Waals surface area contributed by atoms with Gasteiger partial charge in [-0.1, -0.05) is 272 Å². The molecule has 3 rings (SSSR count). The Bertz CT molecular complexity index is 2050. The number of ether oxygens (including phenoxy) is 7.